The standard InChI is InChI=1S/C23H19F3O3S/c1-15-13-17(22(27)14-16-7-10-18(11-8-16)30(2,28)29)9-12-19(15)20-5-3-4-6-21(20)23(24,25)26/h3-13H,14H2,1-2H3. The van der Waals surface area contributed by atoms with E-state index in [1.54, 1.807) is 31.2 Å². The molecule has 0 aromatic heterocycles. The molecule has 0 atom stereocenters. The van der Waals surface area contributed by atoms with Gasteiger partial charge in [-0.05, 0) is 53.4 Å². The molecule has 0 fully saturated rings. The average molecular weight is 432 g/mol. The van der Waals surface area contributed by atoms with Crippen LogP contribution in [0.25, 0.3) is 11.1 Å². The molecule has 30 heavy (non-hydrogen) atoms. The number of aryl methyl sites for hydroxylation is 1. The Balaban J connectivity index is 1.86. The van der Waals surface area contributed by atoms with E-state index >= 15 is 0 Å². The Bertz CT molecular complexity index is 1200. The molecule has 0 amide bonds. The minimum absolute atomic E-state index is 0.0575. The van der Waals surface area contributed by atoms with Crippen LogP contribution in [0.3, 0.4) is 0 Å². The molecule has 3 aromatic rings. The van der Waals surface area contributed by atoms with Gasteiger partial charge in [0.15, 0.2) is 15.6 Å². The summed E-state index contributed by atoms with van der Waals surface area (Å²) in [4.78, 5) is 12.8. The van der Waals surface area contributed by atoms with Crippen molar-refractivity contribution in [3.63, 3.8) is 0 Å². The highest BCUT2D eigenvalue weighted by Gasteiger charge is 2.33. The summed E-state index contributed by atoms with van der Waals surface area (Å²) in [5, 5.41) is 0. The van der Waals surface area contributed by atoms with Crippen molar-refractivity contribution in [3.05, 3.63) is 89.0 Å². The Kier molecular flexibility index (Phi) is 5.85. The van der Waals surface area contributed by atoms with Crippen LogP contribution in [0.1, 0.15) is 27.0 Å². The topological polar surface area (TPSA) is 51.2 Å². The monoisotopic (exact) mass is 432 g/mol. The first-order valence-corrected chi connectivity index (χ1v) is 11.0. The van der Waals surface area contributed by atoms with Gasteiger partial charge in [-0.2, -0.15) is 13.2 Å². The van der Waals surface area contributed by atoms with Crippen LogP contribution in [0.2, 0.25) is 0 Å². The number of hydrogen-bond acceptors (Lipinski definition) is 3. The largest absolute Gasteiger partial charge is 0.417 e. The highest BCUT2D eigenvalue weighted by molar-refractivity contribution is 7.90. The molecule has 0 N–H and O–H groups in total. The summed E-state index contributed by atoms with van der Waals surface area (Å²) >= 11 is 0. The van der Waals surface area contributed by atoms with Crippen LogP contribution in [-0.2, 0) is 22.4 Å². The van der Waals surface area contributed by atoms with Crippen molar-refractivity contribution in [2.45, 2.75) is 24.4 Å². The van der Waals surface area contributed by atoms with Crippen molar-refractivity contribution in [1.82, 2.24) is 0 Å². The van der Waals surface area contributed by atoms with Gasteiger partial charge in [-0.25, -0.2) is 8.42 Å². The average Bonchev–Trinajstić information content (AvgIpc) is 2.67. The second-order valence-corrected chi connectivity index (χ2v) is 9.10. The van der Waals surface area contributed by atoms with Gasteiger partial charge in [-0.3, -0.25) is 4.79 Å². The molecule has 0 spiro atoms. The highest BCUT2D eigenvalue weighted by atomic mass is 32.2. The first kappa shape index (κ1) is 21.8. The maximum absolute atomic E-state index is 13.3. The molecule has 0 heterocycles. The summed E-state index contributed by atoms with van der Waals surface area (Å²) in [6.45, 7) is 1.67. The minimum atomic E-state index is -4.48. The molecule has 0 bridgehead atoms. The smallest absolute Gasteiger partial charge is 0.294 e. The fourth-order valence-electron chi connectivity index (χ4n) is 3.25. The van der Waals surface area contributed by atoms with Gasteiger partial charge in [0.2, 0.25) is 0 Å². The Labute approximate surface area is 173 Å². The van der Waals surface area contributed by atoms with Crippen LogP contribution in [0.4, 0.5) is 13.2 Å². The van der Waals surface area contributed by atoms with Crippen LogP contribution in [0, 0.1) is 6.92 Å². The quantitative estimate of drug-likeness (QED) is 0.500. The molecule has 0 unspecified atom stereocenters. The Morgan fingerprint density at radius 3 is 2.10 bits per heavy atom. The lowest BCUT2D eigenvalue weighted by molar-refractivity contribution is -0.137. The zero-order valence-corrected chi connectivity index (χ0v) is 17.1. The summed E-state index contributed by atoms with van der Waals surface area (Å²) in [7, 11) is -3.32. The van der Waals surface area contributed by atoms with Gasteiger partial charge in [-0.1, -0.05) is 42.5 Å². The zero-order chi connectivity index (χ0) is 22.1. The van der Waals surface area contributed by atoms with E-state index in [0.29, 0.717) is 22.3 Å². The van der Waals surface area contributed by atoms with Gasteiger partial charge in [-0.15, -0.1) is 0 Å². The first-order chi connectivity index (χ1) is 14.0. The maximum atomic E-state index is 13.3. The van der Waals surface area contributed by atoms with E-state index in [-0.39, 0.29) is 22.7 Å². The van der Waals surface area contributed by atoms with Crippen molar-refractivity contribution in [2.24, 2.45) is 0 Å². The fraction of sp³-hybridized carbons (Fsp3) is 0.174. The number of carbonyl (C=O) groups excluding carboxylic acids is 1. The Hall–Kier alpha value is -2.93. The lowest BCUT2D eigenvalue weighted by atomic mass is 9.92. The molecule has 3 aromatic carbocycles. The van der Waals surface area contributed by atoms with Crippen LogP contribution in [0.5, 0.6) is 0 Å². The third-order valence-corrected chi connectivity index (χ3v) is 5.92. The van der Waals surface area contributed by atoms with Gasteiger partial charge < -0.3 is 0 Å². The van der Waals surface area contributed by atoms with Gasteiger partial charge in [0.05, 0.1) is 10.5 Å². The number of halogens is 3. The van der Waals surface area contributed by atoms with Gasteiger partial charge in [0, 0.05) is 18.2 Å². The van der Waals surface area contributed by atoms with E-state index in [0.717, 1.165) is 12.3 Å². The number of sulfone groups is 1. The number of carbonyl (C=O) groups is 1. The molecule has 0 aliphatic heterocycles. The van der Waals surface area contributed by atoms with Gasteiger partial charge in [0.1, 0.15) is 0 Å². The van der Waals surface area contributed by atoms with E-state index in [1.165, 1.54) is 36.4 Å². The van der Waals surface area contributed by atoms with Crippen LogP contribution in [0.15, 0.2) is 71.6 Å². The Morgan fingerprint density at radius 2 is 1.53 bits per heavy atom. The lowest BCUT2D eigenvalue weighted by Crippen LogP contribution is -2.08. The summed E-state index contributed by atoms with van der Waals surface area (Å²) in [6, 6.07) is 16.0. The molecule has 0 radical (unpaired) electrons. The molecule has 0 saturated heterocycles. The number of alkyl halides is 3. The van der Waals surface area contributed by atoms with Gasteiger partial charge in [0.25, 0.3) is 0 Å². The summed E-state index contributed by atoms with van der Waals surface area (Å²) in [5.41, 5.74) is 1.35. The Morgan fingerprint density at radius 1 is 0.900 bits per heavy atom. The molecule has 7 heteroatoms. The van der Waals surface area contributed by atoms with Crippen molar-refractivity contribution in [1.29, 1.82) is 0 Å². The zero-order valence-electron chi connectivity index (χ0n) is 16.3. The first-order valence-electron chi connectivity index (χ1n) is 9.06. The second-order valence-electron chi connectivity index (χ2n) is 7.09. The van der Waals surface area contributed by atoms with E-state index in [2.05, 4.69) is 0 Å². The summed E-state index contributed by atoms with van der Waals surface area (Å²) in [5.74, 6) is -0.208. The van der Waals surface area contributed by atoms with Crippen LogP contribution in [-0.4, -0.2) is 20.5 Å². The molecular weight excluding hydrogens is 413 g/mol. The molecular formula is C23H19F3O3S. The van der Waals surface area contributed by atoms with Gasteiger partial charge >= 0.3 is 6.18 Å². The molecule has 3 rings (SSSR count). The number of Topliss-reactive ketones (excluding diaryl/α,β-unsaturated/α-hetero) is 1. The van der Waals surface area contributed by atoms with E-state index in [1.807, 2.05) is 0 Å². The number of benzene rings is 3. The molecule has 3 nitrogen and oxygen atoms in total. The van der Waals surface area contributed by atoms with Crippen molar-refractivity contribution >= 4 is 15.6 Å². The third-order valence-electron chi connectivity index (χ3n) is 4.79. The number of rotatable bonds is 5. The number of ketones is 1. The van der Waals surface area contributed by atoms with E-state index in [4.69, 9.17) is 0 Å². The fourth-order valence-corrected chi connectivity index (χ4v) is 3.88. The van der Waals surface area contributed by atoms with Crippen molar-refractivity contribution in [2.75, 3.05) is 6.26 Å². The van der Waals surface area contributed by atoms with Crippen molar-refractivity contribution in [3.8, 4) is 11.1 Å². The molecule has 0 aliphatic carbocycles. The SMILES string of the molecule is Cc1cc(C(=O)Cc2ccc(S(C)(=O)=O)cc2)ccc1-c1ccccc1C(F)(F)F. The summed E-state index contributed by atoms with van der Waals surface area (Å²) < 4.78 is 63.0. The third kappa shape index (κ3) is 4.79. The number of hydrogen-bond donors (Lipinski definition) is 0. The minimum Gasteiger partial charge on any atom is -0.294 e. The lowest BCUT2D eigenvalue weighted by Gasteiger charge is -2.15. The van der Waals surface area contributed by atoms with Crippen molar-refractivity contribution < 1.29 is 26.4 Å². The maximum Gasteiger partial charge on any atom is 0.417 e. The summed E-state index contributed by atoms with van der Waals surface area (Å²) in [6.07, 6.45) is -3.31. The highest BCUT2D eigenvalue weighted by Crippen LogP contribution is 2.38. The second kappa shape index (κ2) is 8.07. The normalized spacial score (nSPS) is 12.0. The predicted molar refractivity (Wildman–Crippen MR) is 109 cm³/mol. The molecule has 0 saturated carbocycles. The molecule has 156 valence electrons. The van der Waals surface area contributed by atoms with Crippen LogP contribution < -0.4 is 0 Å². The van der Waals surface area contributed by atoms with E-state index < -0.39 is 21.6 Å². The predicted octanol–water partition coefficient (Wildman–Crippen LogP) is 5.51. The van der Waals surface area contributed by atoms with Crippen LogP contribution >= 0.6 is 0 Å². The van der Waals surface area contributed by atoms with E-state index in [9.17, 15) is 26.4 Å². The molecule has 0 aliphatic rings.